The summed E-state index contributed by atoms with van der Waals surface area (Å²) in [5.41, 5.74) is 0.385. The van der Waals surface area contributed by atoms with E-state index in [0.29, 0.717) is 45.2 Å². The number of hydrogen-bond donors (Lipinski definition) is 0. The van der Waals surface area contributed by atoms with E-state index in [4.69, 9.17) is 14.2 Å². The van der Waals surface area contributed by atoms with E-state index in [0.717, 1.165) is 10.0 Å². The third-order valence-corrected chi connectivity index (χ3v) is 3.89. The first kappa shape index (κ1) is 17.9. The zero-order chi connectivity index (χ0) is 15.7. The molecule has 0 unspecified atom stereocenters. The number of methoxy groups -OCH3 is 1. The number of nitrogens with zero attached hydrogens (tertiary/aromatic N) is 2. The van der Waals surface area contributed by atoms with E-state index in [2.05, 4.69) is 9.88 Å². The lowest BCUT2D eigenvalue weighted by atomic mass is 10.4. The first-order valence-corrected chi connectivity index (χ1v) is 7.91. The average molecular weight is 316 g/mol. The van der Waals surface area contributed by atoms with Crippen molar-refractivity contribution in [1.82, 2.24) is 4.98 Å². The fraction of sp³-hybridized carbons (Fsp3) is 0.714. The molecule has 6 nitrogen and oxygen atoms in total. The highest BCUT2D eigenvalue weighted by atomic mass is 32.1. The molecule has 0 radical (unpaired) electrons. The maximum Gasteiger partial charge on any atom is 0.357 e. The minimum atomic E-state index is -0.399. The second kappa shape index (κ2) is 9.70. The first-order valence-electron chi connectivity index (χ1n) is 7.10. The van der Waals surface area contributed by atoms with Crippen LogP contribution in [0, 0.1) is 6.92 Å². The number of ether oxygens (including phenoxy) is 3. The van der Waals surface area contributed by atoms with Crippen LogP contribution in [-0.4, -0.2) is 57.6 Å². The molecule has 7 heteroatoms. The van der Waals surface area contributed by atoms with Gasteiger partial charge in [0.05, 0.1) is 20.3 Å². The summed E-state index contributed by atoms with van der Waals surface area (Å²) in [7, 11) is 1.36. The molecule has 1 aromatic heterocycles. The van der Waals surface area contributed by atoms with Crippen LogP contribution in [0.3, 0.4) is 0 Å². The summed E-state index contributed by atoms with van der Waals surface area (Å²) >= 11 is 1.49. The molecule has 0 aliphatic heterocycles. The van der Waals surface area contributed by atoms with Gasteiger partial charge in [0, 0.05) is 31.2 Å². The van der Waals surface area contributed by atoms with Gasteiger partial charge in [0.1, 0.15) is 0 Å². The monoisotopic (exact) mass is 316 g/mol. The number of thiazole rings is 1. The van der Waals surface area contributed by atoms with Crippen molar-refractivity contribution in [3.63, 3.8) is 0 Å². The smallest absolute Gasteiger partial charge is 0.357 e. The van der Waals surface area contributed by atoms with Crippen LogP contribution in [0.4, 0.5) is 5.13 Å². The van der Waals surface area contributed by atoms with E-state index in [1.54, 1.807) is 0 Å². The minimum Gasteiger partial charge on any atom is -0.464 e. The maximum atomic E-state index is 11.6. The molecule has 120 valence electrons. The van der Waals surface area contributed by atoms with E-state index in [-0.39, 0.29) is 0 Å². The van der Waals surface area contributed by atoms with Gasteiger partial charge in [0.2, 0.25) is 0 Å². The third-order valence-electron chi connectivity index (χ3n) is 2.85. The zero-order valence-corrected chi connectivity index (χ0v) is 14.0. The quantitative estimate of drug-likeness (QED) is 0.487. The van der Waals surface area contributed by atoms with Crippen molar-refractivity contribution in [2.75, 3.05) is 51.5 Å². The summed E-state index contributed by atoms with van der Waals surface area (Å²) in [5.74, 6) is -0.399. The zero-order valence-electron chi connectivity index (χ0n) is 13.2. The van der Waals surface area contributed by atoms with E-state index in [1.165, 1.54) is 18.4 Å². The molecule has 1 rings (SSSR count). The van der Waals surface area contributed by atoms with E-state index in [9.17, 15) is 4.79 Å². The normalized spacial score (nSPS) is 10.7. The predicted octanol–water partition coefficient (Wildman–Crippen LogP) is 2.12. The highest BCUT2D eigenvalue weighted by molar-refractivity contribution is 7.15. The molecule has 0 spiro atoms. The highest BCUT2D eigenvalue weighted by Gasteiger charge is 2.19. The molecule has 0 aromatic carbocycles. The Kier molecular flexibility index (Phi) is 8.26. The Bertz CT molecular complexity index is 427. The van der Waals surface area contributed by atoms with Crippen LogP contribution in [0.25, 0.3) is 0 Å². The van der Waals surface area contributed by atoms with E-state index < -0.39 is 5.97 Å². The van der Waals surface area contributed by atoms with Crippen LogP contribution in [-0.2, 0) is 14.2 Å². The van der Waals surface area contributed by atoms with Crippen molar-refractivity contribution in [2.24, 2.45) is 0 Å². The Balaban J connectivity index is 2.78. The van der Waals surface area contributed by atoms with Crippen molar-refractivity contribution in [3.05, 3.63) is 10.6 Å². The van der Waals surface area contributed by atoms with Gasteiger partial charge in [-0.3, -0.25) is 0 Å². The summed E-state index contributed by atoms with van der Waals surface area (Å²) in [6.07, 6.45) is 0. The van der Waals surface area contributed by atoms with Gasteiger partial charge in [0.15, 0.2) is 10.8 Å². The number of aryl methyl sites for hydroxylation is 1. The SMILES string of the molecule is CCOCCN(CCOCC)c1nc(C(=O)OC)c(C)s1. The minimum absolute atomic E-state index is 0.385. The fourth-order valence-corrected chi connectivity index (χ4v) is 2.69. The van der Waals surface area contributed by atoms with Crippen LogP contribution < -0.4 is 4.90 Å². The van der Waals surface area contributed by atoms with Gasteiger partial charge in [-0.2, -0.15) is 0 Å². The van der Waals surface area contributed by atoms with Crippen LogP contribution in [0.5, 0.6) is 0 Å². The molecule has 21 heavy (non-hydrogen) atoms. The molecule has 0 saturated carbocycles. The Morgan fingerprint density at radius 3 is 2.24 bits per heavy atom. The molecule has 1 aromatic rings. The maximum absolute atomic E-state index is 11.6. The molecular formula is C14H24N2O4S. The lowest BCUT2D eigenvalue weighted by molar-refractivity contribution is 0.0594. The predicted molar refractivity (Wildman–Crippen MR) is 83.4 cm³/mol. The third kappa shape index (κ3) is 5.61. The topological polar surface area (TPSA) is 60.9 Å². The average Bonchev–Trinajstić information content (AvgIpc) is 2.87. The number of aromatic nitrogens is 1. The number of anilines is 1. The summed E-state index contributed by atoms with van der Waals surface area (Å²) in [4.78, 5) is 19.0. The highest BCUT2D eigenvalue weighted by Crippen LogP contribution is 2.26. The van der Waals surface area contributed by atoms with Gasteiger partial charge in [-0.05, 0) is 20.8 Å². The number of carbonyl (C=O) groups is 1. The molecular weight excluding hydrogens is 292 g/mol. The van der Waals surface area contributed by atoms with E-state index >= 15 is 0 Å². The number of carbonyl (C=O) groups excluding carboxylic acids is 1. The van der Waals surface area contributed by atoms with Crippen molar-refractivity contribution < 1.29 is 19.0 Å². The fourth-order valence-electron chi connectivity index (χ4n) is 1.75. The van der Waals surface area contributed by atoms with Gasteiger partial charge in [-0.15, -0.1) is 11.3 Å². The largest absolute Gasteiger partial charge is 0.464 e. The van der Waals surface area contributed by atoms with Crippen molar-refractivity contribution in [3.8, 4) is 0 Å². The van der Waals surface area contributed by atoms with E-state index in [1.807, 2.05) is 20.8 Å². The molecule has 0 fully saturated rings. The Hall–Kier alpha value is -1.18. The summed E-state index contributed by atoms with van der Waals surface area (Å²) in [6, 6.07) is 0. The van der Waals surface area contributed by atoms with Gasteiger partial charge in [-0.1, -0.05) is 0 Å². The molecule has 0 atom stereocenters. The summed E-state index contributed by atoms with van der Waals surface area (Å²) < 4.78 is 15.5. The van der Waals surface area contributed by atoms with Gasteiger partial charge in [0.25, 0.3) is 0 Å². The second-order valence-electron chi connectivity index (χ2n) is 4.27. The molecule has 0 N–H and O–H groups in total. The summed E-state index contributed by atoms with van der Waals surface area (Å²) in [6.45, 7) is 9.84. The second-order valence-corrected chi connectivity index (χ2v) is 5.46. The van der Waals surface area contributed by atoms with Crippen LogP contribution in [0.15, 0.2) is 0 Å². The van der Waals surface area contributed by atoms with Crippen LogP contribution >= 0.6 is 11.3 Å². The molecule has 0 aliphatic rings. The number of rotatable bonds is 10. The van der Waals surface area contributed by atoms with Gasteiger partial charge in [-0.25, -0.2) is 9.78 Å². The lowest BCUT2D eigenvalue weighted by Gasteiger charge is -2.21. The molecule has 0 amide bonds. The molecule has 1 heterocycles. The van der Waals surface area contributed by atoms with Crippen LogP contribution in [0.2, 0.25) is 0 Å². The van der Waals surface area contributed by atoms with Crippen LogP contribution in [0.1, 0.15) is 29.2 Å². The Morgan fingerprint density at radius 2 is 1.76 bits per heavy atom. The Labute approximate surface area is 130 Å². The first-order chi connectivity index (χ1) is 10.1. The molecule has 0 bridgehead atoms. The van der Waals surface area contributed by atoms with Gasteiger partial charge >= 0.3 is 5.97 Å². The lowest BCUT2D eigenvalue weighted by Crippen LogP contribution is -2.31. The standard InChI is InChI=1S/C14H24N2O4S/c1-5-19-9-7-16(8-10-20-6-2)14-15-12(11(3)21-14)13(17)18-4/h5-10H2,1-4H3. The van der Waals surface area contributed by atoms with Gasteiger partial charge < -0.3 is 19.1 Å². The Morgan fingerprint density at radius 1 is 1.19 bits per heavy atom. The number of esters is 1. The molecule has 0 aliphatic carbocycles. The van der Waals surface area contributed by atoms with Crippen molar-refractivity contribution in [1.29, 1.82) is 0 Å². The van der Waals surface area contributed by atoms with Crippen molar-refractivity contribution in [2.45, 2.75) is 20.8 Å². The summed E-state index contributed by atoms with van der Waals surface area (Å²) in [5, 5.41) is 0.798. The van der Waals surface area contributed by atoms with Crippen molar-refractivity contribution >= 4 is 22.4 Å². The number of hydrogen-bond acceptors (Lipinski definition) is 7. The molecule has 0 saturated heterocycles.